The van der Waals surface area contributed by atoms with Crippen LogP contribution in [0, 0.1) is 6.92 Å². The average Bonchev–Trinajstić information content (AvgIpc) is 2.52. The summed E-state index contributed by atoms with van der Waals surface area (Å²) in [5, 5.41) is 8.84. The third-order valence-corrected chi connectivity index (χ3v) is 1.98. The summed E-state index contributed by atoms with van der Waals surface area (Å²) in [4.78, 5) is 2.07. The highest BCUT2D eigenvalue weighted by atomic mass is 16.3. The Hall–Kier alpha value is -1.06. The third-order valence-electron chi connectivity index (χ3n) is 1.98. The van der Waals surface area contributed by atoms with Crippen LogP contribution in [0.2, 0.25) is 0 Å². The van der Waals surface area contributed by atoms with Gasteiger partial charge in [-0.2, -0.15) is 0 Å². The number of aliphatic hydroxyl groups is 1. The molecule has 3 nitrogen and oxygen atoms in total. The maximum Gasteiger partial charge on any atom is 0.118 e. The summed E-state index contributed by atoms with van der Waals surface area (Å²) in [5.74, 6) is 1.85. The van der Waals surface area contributed by atoms with E-state index in [1.807, 2.05) is 25.1 Å². The SMILES string of the molecule is C=CCN(CCO)Cc1ccc(C)o1. The van der Waals surface area contributed by atoms with Crippen molar-refractivity contribution in [1.82, 2.24) is 4.90 Å². The molecule has 0 saturated heterocycles. The number of rotatable bonds is 6. The molecular formula is C11H17NO2. The maximum absolute atomic E-state index is 8.84. The maximum atomic E-state index is 8.84. The molecule has 14 heavy (non-hydrogen) atoms. The Morgan fingerprint density at radius 3 is 2.86 bits per heavy atom. The van der Waals surface area contributed by atoms with Crippen molar-refractivity contribution in [3.8, 4) is 0 Å². The summed E-state index contributed by atoms with van der Waals surface area (Å²) < 4.78 is 5.45. The molecule has 0 atom stereocenters. The first-order valence-corrected chi connectivity index (χ1v) is 4.75. The molecule has 78 valence electrons. The first kappa shape index (κ1) is 11.0. The lowest BCUT2D eigenvalue weighted by Crippen LogP contribution is -2.26. The lowest BCUT2D eigenvalue weighted by atomic mass is 10.3. The van der Waals surface area contributed by atoms with Crippen LogP contribution in [0.25, 0.3) is 0 Å². The monoisotopic (exact) mass is 195 g/mol. The van der Waals surface area contributed by atoms with E-state index >= 15 is 0 Å². The number of furan rings is 1. The van der Waals surface area contributed by atoms with Crippen molar-refractivity contribution in [2.24, 2.45) is 0 Å². The molecule has 0 unspecified atom stereocenters. The van der Waals surface area contributed by atoms with Gasteiger partial charge in [-0.25, -0.2) is 0 Å². The Bertz CT molecular complexity index is 281. The first-order valence-electron chi connectivity index (χ1n) is 4.75. The standard InChI is InChI=1S/C11H17NO2/c1-3-6-12(7-8-13)9-11-5-4-10(2)14-11/h3-5,13H,1,6-9H2,2H3. The summed E-state index contributed by atoms with van der Waals surface area (Å²) in [7, 11) is 0. The lowest BCUT2D eigenvalue weighted by molar-refractivity contribution is 0.193. The van der Waals surface area contributed by atoms with E-state index in [-0.39, 0.29) is 6.61 Å². The van der Waals surface area contributed by atoms with Gasteiger partial charge in [-0.1, -0.05) is 6.08 Å². The second-order valence-electron chi connectivity index (χ2n) is 3.26. The van der Waals surface area contributed by atoms with E-state index in [4.69, 9.17) is 9.52 Å². The van der Waals surface area contributed by atoms with E-state index < -0.39 is 0 Å². The van der Waals surface area contributed by atoms with Crippen LogP contribution < -0.4 is 0 Å². The van der Waals surface area contributed by atoms with E-state index in [0.29, 0.717) is 6.54 Å². The minimum atomic E-state index is 0.160. The van der Waals surface area contributed by atoms with Crippen molar-refractivity contribution in [3.63, 3.8) is 0 Å². The molecule has 0 fully saturated rings. The number of nitrogens with zero attached hydrogens (tertiary/aromatic N) is 1. The zero-order chi connectivity index (χ0) is 10.4. The highest BCUT2D eigenvalue weighted by molar-refractivity contribution is 5.05. The second kappa shape index (κ2) is 5.62. The first-order chi connectivity index (χ1) is 6.76. The average molecular weight is 195 g/mol. The van der Waals surface area contributed by atoms with Crippen LogP contribution in [0.1, 0.15) is 11.5 Å². The van der Waals surface area contributed by atoms with Crippen molar-refractivity contribution in [1.29, 1.82) is 0 Å². The normalized spacial score (nSPS) is 10.8. The molecule has 1 aromatic heterocycles. The molecule has 0 bridgehead atoms. The molecule has 1 heterocycles. The molecule has 0 amide bonds. The zero-order valence-electron chi connectivity index (χ0n) is 8.57. The summed E-state index contributed by atoms with van der Waals surface area (Å²) in [5.41, 5.74) is 0. The van der Waals surface area contributed by atoms with Crippen LogP contribution in [-0.4, -0.2) is 29.7 Å². The highest BCUT2D eigenvalue weighted by Crippen LogP contribution is 2.09. The fourth-order valence-corrected chi connectivity index (χ4v) is 1.35. The molecule has 0 spiro atoms. The molecule has 1 N–H and O–H groups in total. The molecule has 0 radical (unpaired) electrons. The molecule has 0 aliphatic carbocycles. The van der Waals surface area contributed by atoms with Gasteiger partial charge in [0.15, 0.2) is 0 Å². The molecule has 0 saturated carbocycles. The van der Waals surface area contributed by atoms with E-state index in [2.05, 4.69) is 11.5 Å². The summed E-state index contributed by atoms with van der Waals surface area (Å²) in [6.45, 7) is 7.89. The van der Waals surface area contributed by atoms with E-state index in [9.17, 15) is 0 Å². The van der Waals surface area contributed by atoms with Gasteiger partial charge in [0.1, 0.15) is 11.5 Å². The van der Waals surface area contributed by atoms with Gasteiger partial charge in [0, 0.05) is 13.1 Å². The second-order valence-corrected chi connectivity index (χ2v) is 3.26. The molecule has 1 aromatic rings. The number of aliphatic hydroxyl groups excluding tert-OH is 1. The van der Waals surface area contributed by atoms with Crippen LogP contribution in [0.3, 0.4) is 0 Å². The number of aryl methyl sites for hydroxylation is 1. The van der Waals surface area contributed by atoms with Gasteiger partial charge in [-0.15, -0.1) is 6.58 Å². The van der Waals surface area contributed by atoms with Crippen molar-refractivity contribution in [2.75, 3.05) is 19.7 Å². The highest BCUT2D eigenvalue weighted by Gasteiger charge is 2.05. The molecular weight excluding hydrogens is 178 g/mol. The fraction of sp³-hybridized carbons (Fsp3) is 0.455. The minimum Gasteiger partial charge on any atom is -0.465 e. The predicted octanol–water partition coefficient (Wildman–Crippen LogP) is 1.57. The quantitative estimate of drug-likeness (QED) is 0.700. The Labute approximate surface area is 84.6 Å². The fourth-order valence-electron chi connectivity index (χ4n) is 1.35. The third kappa shape index (κ3) is 3.36. The van der Waals surface area contributed by atoms with E-state index in [1.54, 1.807) is 0 Å². The van der Waals surface area contributed by atoms with Gasteiger partial charge < -0.3 is 9.52 Å². The van der Waals surface area contributed by atoms with Crippen molar-refractivity contribution >= 4 is 0 Å². The largest absolute Gasteiger partial charge is 0.465 e. The Kier molecular flexibility index (Phi) is 4.43. The van der Waals surface area contributed by atoms with Gasteiger partial charge in [0.2, 0.25) is 0 Å². The number of hydrogen-bond donors (Lipinski definition) is 1. The van der Waals surface area contributed by atoms with Crippen LogP contribution >= 0.6 is 0 Å². The molecule has 0 aromatic carbocycles. The van der Waals surface area contributed by atoms with Crippen LogP contribution in [0.4, 0.5) is 0 Å². The van der Waals surface area contributed by atoms with Crippen LogP contribution in [-0.2, 0) is 6.54 Å². The van der Waals surface area contributed by atoms with Crippen molar-refractivity contribution in [2.45, 2.75) is 13.5 Å². The minimum absolute atomic E-state index is 0.160. The van der Waals surface area contributed by atoms with Crippen LogP contribution in [0.5, 0.6) is 0 Å². The lowest BCUT2D eigenvalue weighted by Gasteiger charge is -2.17. The topological polar surface area (TPSA) is 36.6 Å². The number of hydrogen-bond acceptors (Lipinski definition) is 3. The molecule has 1 rings (SSSR count). The van der Waals surface area contributed by atoms with E-state index in [0.717, 1.165) is 24.6 Å². The van der Waals surface area contributed by atoms with Gasteiger partial charge in [-0.3, -0.25) is 4.90 Å². The van der Waals surface area contributed by atoms with Gasteiger partial charge >= 0.3 is 0 Å². The van der Waals surface area contributed by atoms with Gasteiger partial charge in [0.05, 0.1) is 13.2 Å². The summed E-state index contributed by atoms with van der Waals surface area (Å²) in [6.07, 6.45) is 1.82. The van der Waals surface area contributed by atoms with E-state index in [1.165, 1.54) is 0 Å². The predicted molar refractivity (Wildman–Crippen MR) is 56.0 cm³/mol. The smallest absolute Gasteiger partial charge is 0.118 e. The molecule has 0 aliphatic heterocycles. The van der Waals surface area contributed by atoms with Crippen molar-refractivity contribution < 1.29 is 9.52 Å². The zero-order valence-corrected chi connectivity index (χ0v) is 8.57. The van der Waals surface area contributed by atoms with Crippen LogP contribution in [0.15, 0.2) is 29.2 Å². The Balaban J connectivity index is 2.49. The summed E-state index contributed by atoms with van der Waals surface area (Å²) >= 11 is 0. The van der Waals surface area contributed by atoms with Gasteiger partial charge in [0.25, 0.3) is 0 Å². The Morgan fingerprint density at radius 2 is 2.36 bits per heavy atom. The van der Waals surface area contributed by atoms with Gasteiger partial charge in [-0.05, 0) is 19.1 Å². The summed E-state index contributed by atoms with van der Waals surface area (Å²) in [6, 6.07) is 3.91. The molecule has 0 aliphatic rings. The molecule has 3 heteroatoms. The van der Waals surface area contributed by atoms with Crippen molar-refractivity contribution in [3.05, 3.63) is 36.3 Å². The Morgan fingerprint density at radius 1 is 1.57 bits per heavy atom.